The molecule has 0 bridgehead atoms. The van der Waals surface area contributed by atoms with E-state index in [0.29, 0.717) is 6.54 Å². The summed E-state index contributed by atoms with van der Waals surface area (Å²) in [6.07, 6.45) is 7.39. The van der Waals surface area contributed by atoms with Crippen LogP contribution in [0.1, 0.15) is 44.0 Å². The van der Waals surface area contributed by atoms with Gasteiger partial charge in [0.05, 0.1) is 12.2 Å². The molecule has 1 unspecified atom stereocenters. The maximum Gasteiger partial charge on any atom is 0.191 e. The normalized spacial score (nSPS) is 19.0. The highest BCUT2D eigenvalue weighted by molar-refractivity contribution is 5.79. The van der Waals surface area contributed by atoms with E-state index in [2.05, 4.69) is 56.0 Å². The summed E-state index contributed by atoms with van der Waals surface area (Å²) in [6.45, 7) is 8.28. The summed E-state index contributed by atoms with van der Waals surface area (Å²) >= 11 is 0. The highest BCUT2D eigenvalue weighted by Crippen LogP contribution is 2.18. The van der Waals surface area contributed by atoms with E-state index in [-0.39, 0.29) is 0 Å². The average Bonchev–Trinajstić information content (AvgIpc) is 3.09. The standard InChI is InChI=1S/C20H32N6/c1-4-18-9-5-6-12-25(18)13-11-22-20(21-3)23-14-17-15-26-16(2)8-7-10-19(26)24-17/h7-8,10,15,18H,4-6,9,11-14H2,1-3H3,(H2,21,22,23). The van der Waals surface area contributed by atoms with Crippen molar-refractivity contribution in [2.45, 2.75) is 52.1 Å². The SMILES string of the molecule is CCC1CCCCN1CCNC(=NC)NCc1cn2c(C)cccc2n1. The molecule has 1 saturated heterocycles. The van der Waals surface area contributed by atoms with Gasteiger partial charge in [0.15, 0.2) is 5.96 Å². The van der Waals surface area contributed by atoms with E-state index < -0.39 is 0 Å². The summed E-state index contributed by atoms with van der Waals surface area (Å²) < 4.78 is 2.12. The highest BCUT2D eigenvalue weighted by Gasteiger charge is 2.19. The molecule has 2 aromatic heterocycles. The summed E-state index contributed by atoms with van der Waals surface area (Å²) in [7, 11) is 1.82. The first-order chi connectivity index (χ1) is 12.7. The second kappa shape index (κ2) is 9.03. The largest absolute Gasteiger partial charge is 0.355 e. The van der Waals surface area contributed by atoms with Crippen molar-refractivity contribution in [2.24, 2.45) is 4.99 Å². The first-order valence-electron chi connectivity index (χ1n) is 9.83. The van der Waals surface area contributed by atoms with Crippen LogP contribution in [0.2, 0.25) is 0 Å². The number of piperidine rings is 1. The molecule has 0 spiro atoms. The molecule has 26 heavy (non-hydrogen) atoms. The van der Waals surface area contributed by atoms with Crippen LogP contribution in [0.3, 0.4) is 0 Å². The molecular weight excluding hydrogens is 324 g/mol. The van der Waals surface area contributed by atoms with Crippen molar-refractivity contribution < 1.29 is 0 Å². The summed E-state index contributed by atoms with van der Waals surface area (Å²) in [5.74, 6) is 0.837. The minimum absolute atomic E-state index is 0.669. The molecule has 6 nitrogen and oxygen atoms in total. The average molecular weight is 357 g/mol. The fourth-order valence-electron chi connectivity index (χ4n) is 3.81. The number of nitrogens with one attached hydrogen (secondary N) is 2. The van der Waals surface area contributed by atoms with Crippen LogP contribution < -0.4 is 10.6 Å². The van der Waals surface area contributed by atoms with Crippen molar-refractivity contribution in [3.8, 4) is 0 Å². The van der Waals surface area contributed by atoms with Gasteiger partial charge in [-0.3, -0.25) is 9.89 Å². The van der Waals surface area contributed by atoms with Gasteiger partial charge in [0.1, 0.15) is 5.65 Å². The molecule has 0 radical (unpaired) electrons. The summed E-state index contributed by atoms with van der Waals surface area (Å²) in [4.78, 5) is 11.6. The first kappa shape index (κ1) is 18.7. The van der Waals surface area contributed by atoms with E-state index in [1.165, 1.54) is 37.9 Å². The third kappa shape index (κ3) is 4.55. The quantitative estimate of drug-likeness (QED) is 0.617. The predicted molar refractivity (Wildman–Crippen MR) is 108 cm³/mol. The lowest BCUT2D eigenvalue weighted by molar-refractivity contribution is 0.147. The number of hydrogen-bond donors (Lipinski definition) is 2. The zero-order valence-electron chi connectivity index (χ0n) is 16.3. The van der Waals surface area contributed by atoms with Crippen LogP contribution in [0.15, 0.2) is 29.4 Å². The van der Waals surface area contributed by atoms with E-state index in [1.807, 2.05) is 19.2 Å². The second-order valence-corrected chi connectivity index (χ2v) is 7.07. The van der Waals surface area contributed by atoms with Crippen molar-refractivity contribution in [3.05, 3.63) is 35.8 Å². The Hall–Kier alpha value is -2.08. The molecule has 0 aromatic carbocycles. The number of guanidine groups is 1. The van der Waals surface area contributed by atoms with Crippen LogP contribution in [-0.4, -0.2) is 53.0 Å². The number of pyridine rings is 1. The molecule has 1 atom stereocenters. The van der Waals surface area contributed by atoms with Gasteiger partial charge >= 0.3 is 0 Å². The van der Waals surface area contributed by atoms with Gasteiger partial charge in [-0.2, -0.15) is 0 Å². The van der Waals surface area contributed by atoms with Crippen LogP contribution in [-0.2, 0) is 6.54 Å². The first-order valence-corrected chi connectivity index (χ1v) is 9.83. The predicted octanol–water partition coefficient (Wildman–Crippen LogP) is 2.57. The number of imidazole rings is 1. The zero-order chi connectivity index (χ0) is 18.4. The Morgan fingerprint density at radius 1 is 1.31 bits per heavy atom. The van der Waals surface area contributed by atoms with Gasteiger partial charge in [-0.05, 0) is 44.9 Å². The number of likely N-dealkylation sites (tertiary alicyclic amines) is 1. The number of aryl methyl sites for hydroxylation is 1. The lowest BCUT2D eigenvalue weighted by atomic mass is 10.0. The molecule has 3 heterocycles. The monoisotopic (exact) mass is 356 g/mol. The summed E-state index contributed by atoms with van der Waals surface area (Å²) in [5, 5.41) is 6.81. The number of rotatable bonds is 6. The second-order valence-electron chi connectivity index (χ2n) is 7.07. The van der Waals surface area contributed by atoms with Crippen LogP contribution >= 0.6 is 0 Å². The number of hydrogen-bond acceptors (Lipinski definition) is 3. The van der Waals surface area contributed by atoms with Gasteiger partial charge in [0, 0.05) is 38.1 Å². The van der Waals surface area contributed by atoms with Crippen molar-refractivity contribution >= 4 is 11.6 Å². The third-order valence-corrected chi connectivity index (χ3v) is 5.32. The molecular formula is C20H32N6. The Balaban J connectivity index is 1.47. The number of aromatic nitrogens is 2. The van der Waals surface area contributed by atoms with Crippen molar-refractivity contribution in [2.75, 3.05) is 26.7 Å². The van der Waals surface area contributed by atoms with Crippen molar-refractivity contribution in [1.29, 1.82) is 0 Å². The Kier molecular flexibility index (Phi) is 6.50. The molecule has 1 aliphatic heterocycles. The van der Waals surface area contributed by atoms with E-state index >= 15 is 0 Å². The maximum absolute atomic E-state index is 4.66. The molecule has 0 amide bonds. The zero-order valence-corrected chi connectivity index (χ0v) is 16.3. The van der Waals surface area contributed by atoms with Crippen LogP contribution in [0.25, 0.3) is 5.65 Å². The van der Waals surface area contributed by atoms with Gasteiger partial charge in [-0.25, -0.2) is 4.98 Å². The molecule has 2 N–H and O–H groups in total. The van der Waals surface area contributed by atoms with Gasteiger partial charge in [0.25, 0.3) is 0 Å². The smallest absolute Gasteiger partial charge is 0.191 e. The number of aliphatic imine (C=N–C) groups is 1. The molecule has 1 aliphatic rings. The van der Waals surface area contributed by atoms with Gasteiger partial charge in [-0.15, -0.1) is 0 Å². The molecule has 6 heteroatoms. The van der Waals surface area contributed by atoms with Crippen molar-refractivity contribution in [3.63, 3.8) is 0 Å². The lowest BCUT2D eigenvalue weighted by Gasteiger charge is -2.35. The number of fused-ring (bicyclic) bond motifs is 1. The van der Waals surface area contributed by atoms with E-state index in [9.17, 15) is 0 Å². The molecule has 142 valence electrons. The number of nitrogens with zero attached hydrogens (tertiary/aromatic N) is 4. The maximum atomic E-state index is 4.66. The molecule has 0 saturated carbocycles. The lowest BCUT2D eigenvalue weighted by Crippen LogP contribution is -2.45. The minimum Gasteiger partial charge on any atom is -0.355 e. The van der Waals surface area contributed by atoms with Crippen LogP contribution in [0, 0.1) is 6.92 Å². The summed E-state index contributed by atoms with van der Waals surface area (Å²) in [6, 6.07) is 6.92. The highest BCUT2D eigenvalue weighted by atomic mass is 15.2. The Morgan fingerprint density at radius 2 is 2.19 bits per heavy atom. The third-order valence-electron chi connectivity index (χ3n) is 5.32. The van der Waals surface area contributed by atoms with Crippen LogP contribution in [0.4, 0.5) is 0 Å². The summed E-state index contributed by atoms with van der Waals surface area (Å²) in [5.41, 5.74) is 3.19. The Morgan fingerprint density at radius 3 is 2.96 bits per heavy atom. The van der Waals surface area contributed by atoms with Gasteiger partial charge in [-0.1, -0.05) is 19.4 Å². The van der Waals surface area contributed by atoms with Crippen LogP contribution in [0.5, 0.6) is 0 Å². The van der Waals surface area contributed by atoms with E-state index in [0.717, 1.165) is 36.4 Å². The van der Waals surface area contributed by atoms with Gasteiger partial charge < -0.3 is 15.0 Å². The van der Waals surface area contributed by atoms with Gasteiger partial charge in [0.2, 0.25) is 0 Å². The Bertz CT molecular complexity index is 735. The Labute approximate surface area is 156 Å². The molecule has 1 fully saturated rings. The van der Waals surface area contributed by atoms with E-state index in [4.69, 9.17) is 0 Å². The van der Waals surface area contributed by atoms with E-state index in [1.54, 1.807) is 0 Å². The fourth-order valence-corrected chi connectivity index (χ4v) is 3.81. The van der Waals surface area contributed by atoms with Crippen molar-refractivity contribution in [1.82, 2.24) is 24.9 Å². The topological polar surface area (TPSA) is 57.0 Å². The minimum atomic E-state index is 0.669. The molecule has 3 rings (SSSR count). The molecule has 0 aliphatic carbocycles. The molecule has 2 aromatic rings. The fraction of sp³-hybridized carbons (Fsp3) is 0.600.